The van der Waals surface area contributed by atoms with Gasteiger partial charge < -0.3 is 5.32 Å². The van der Waals surface area contributed by atoms with Gasteiger partial charge in [-0.1, -0.05) is 48.5 Å². The first-order valence-electron chi connectivity index (χ1n) is 11.6. The van der Waals surface area contributed by atoms with Gasteiger partial charge in [0.05, 0.1) is 5.52 Å². The molecule has 0 aliphatic heterocycles. The second kappa shape index (κ2) is 10.2. The van der Waals surface area contributed by atoms with Crippen LogP contribution in [0.3, 0.4) is 0 Å². The molecule has 0 spiro atoms. The van der Waals surface area contributed by atoms with E-state index >= 15 is 4.39 Å². The van der Waals surface area contributed by atoms with Gasteiger partial charge in [-0.3, -0.25) is 14.5 Å². The molecule has 0 saturated heterocycles. The maximum absolute atomic E-state index is 15.1. The highest BCUT2D eigenvalue weighted by molar-refractivity contribution is 6.01. The molecule has 0 fully saturated rings. The number of carbonyl (C=O) groups is 2. The number of benzene rings is 3. The van der Waals surface area contributed by atoms with Crippen molar-refractivity contribution in [3.63, 3.8) is 0 Å². The largest absolute Gasteiger partial charge is 0.349 e. The number of hydrogen-bond acceptors (Lipinski definition) is 4. The van der Waals surface area contributed by atoms with Crippen LogP contribution in [0.25, 0.3) is 11.0 Å². The summed E-state index contributed by atoms with van der Waals surface area (Å²) in [5.74, 6) is -2.44. The lowest BCUT2D eigenvalue weighted by Crippen LogP contribution is -2.51. The number of fused-ring (bicyclic) bond motifs is 1. The van der Waals surface area contributed by atoms with Gasteiger partial charge in [-0.15, -0.1) is 5.10 Å². The number of aromatic nitrogens is 3. The molecule has 3 aromatic carbocycles. The van der Waals surface area contributed by atoms with Gasteiger partial charge in [-0.05, 0) is 56.7 Å². The molecule has 4 rings (SSSR count). The van der Waals surface area contributed by atoms with Crippen LogP contribution < -0.4 is 10.2 Å². The Labute approximate surface area is 207 Å². The highest BCUT2D eigenvalue weighted by Crippen LogP contribution is 2.31. The number of nitrogens with one attached hydrogen (secondary N) is 1. The third-order valence-corrected chi connectivity index (χ3v) is 6.11. The summed E-state index contributed by atoms with van der Waals surface area (Å²) in [6, 6.07) is 16.8. The smallest absolute Gasteiger partial charge is 0.249 e. The number of carbonyl (C=O) groups excluding carboxylic acids is 2. The predicted molar refractivity (Wildman–Crippen MR) is 133 cm³/mol. The number of anilines is 1. The molecule has 1 N–H and O–H groups in total. The molecular formula is C27H27F2N5O2. The van der Waals surface area contributed by atoms with E-state index in [0.717, 1.165) is 11.0 Å². The molecule has 1 atom stereocenters. The SMILES string of the molecule is CCC(C)(C)NC(=O)C(c1ccccc1F)N(C(=O)Cn1nnc2ccccc21)c1cccc(F)c1. The molecule has 0 radical (unpaired) electrons. The van der Waals surface area contributed by atoms with Gasteiger partial charge in [0.25, 0.3) is 0 Å². The number of amides is 2. The quantitative estimate of drug-likeness (QED) is 0.384. The van der Waals surface area contributed by atoms with Crippen LogP contribution in [0.4, 0.5) is 14.5 Å². The van der Waals surface area contributed by atoms with Crippen molar-refractivity contribution in [2.24, 2.45) is 0 Å². The minimum atomic E-state index is -1.40. The summed E-state index contributed by atoms with van der Waals surface area (Å²) in [6.07, 6.45) is 0.599. The molecule has 1 aromatic heterocycles. The third-order valence-electron chi connectivity index (χ3n) is 6.11. The summed E-state index contributed by atoms with van der Waals surface area (Å²) >= 11 is 0. The third kappa shape index (κ3) is 5.25. The van der Waals surface area contributed by atoms with E-state index in [0.29, 0.717) is 17.5 Å². The van der Waals surface area contributed by atoms with Gasteiger partial charge in [-0.25, -0.2) is 13.5 Å². The van der Waals surface area contributed by atoms with Crippen LogP contribution in [-0.2, 0) is 16.1 Å². The highest BCUT2D eigenvalue weighted by atomic mass is 19.1. The Morgan fingerprint density at radius 2 is 1.75 bits per heavy atom. The Hall–Kier alpha value is -4.14. The van der Waals surface area contributed by atoms with Crippen LogP contribution in [0.15, 0.2) is 72.8 Å². The number of rotatable bonds is 8. The van der Waals surface area contributed by atoms with Crippen molar-refractivity contribution in [3.8, 4) is 0 Å². The minimum absolute atomic E-state index is 0.0111. The van der Waals surface area contributed by atoms with Crippen LogP contribution in [0.5, 0.6) is 0 Å². The summed E-state index contributed by atoms with van der Waals surface area (Å²) in [6.45, 7) is 5.27. The Balaban J connectivity index is 1.84. The first-order valence-corrected chi connectivity index (χ1v) is 11.6. The standard InChI is InChI=1S/C27H27F2N5O2/c1-4-27(2,3)30-26(36)25(20-12-5-6-13-21(20)29)34(19-11-9-10-18(28)16-19)24(35)17-33-23-15-8-7-14-22(23)31-32-33/h5-16,25H,4,17H2,1-3H3,(H,30,36). The van der Waals surface area contributed by atoms with E-state index in [9.17, 15) is 14.0 Å². The van der Waals surface area contributed by atoms with E-state index in [1.807, 2.05) is 20.8 Å². The molecule has 186 valence electrons. The molecule has 1 unspecified atom stereocenters. The van der Waals surface area contributed by atoms with Gasteiger partial charge in [0, 0.05) is 16.8 Å². The lowest BCUT2D eigenvalue weighted by molar-refractivity contribution is -0.128. The number of para-hydroxylation sites is 1. The fourth-order valence-corrected chi connectivity index (χ4v) is 3.89. The van der Waals surface area contributed by atoms with Crippen LogP contribution in [0, 0.1) is 11.6 Å². The predicted octanol–water partition coefficient (Wildman–Crippen LogP) is 4.79. The second-order valence-electron chi connectivity index (χ2n) is 9.13. The molecule has 7 nitrogen and oxygen atoms in total. The fraction of sp³-hybridized carbons (Fsp3) is 0.259. The van der Waals surface area contributed by atoms with Gasteiger partial charge in [0.15, 0.2) is 0 Å². The summed E-state index contributed by atoms with van der Waals surface area (Å²) in [7, 11) is 0. The number of halogens is 2. The van der Waals surface area contributed by atoms with Gasteiger partial charge >= 0.3 is 0 Å². The Kier molecular flexibility index (Phi) is 7.10. The molecule has 0 bridgehead atoms. The molecule has 0 saturated carbocycles. The molecular weight excluding hydrogens is 464 g/mol. The van der Waals surface area contributed by atoms with Crippen molar-refractivity contribution >= 4 is 28.5 Å². The van der Waals surface area contributed by atoms with Gasteiger partial charge in [0.2, 0.25) is 11.8 Å². The first-order chi connectivity index (χ1) is 17.2. The van der Waals surface area contributed by atoms with E-state index in [-0.39, 0.29) is 17.8 Å². The van der Waals surface area contributed by atoms with Crippen molar-refractivity contribution in [3.05, 3.63) is 90.0 Å². The second-order valence-corrected chi connectivity index (χ2v) is 9.13. The van der Waals surface area contributed by atoms with Crippen LogP contribution >= 0.6 is 0 Å². The fourth-order valence-electron chi connectivity index (χ4n) is 3.89. The van der Waals surface area contributed by atoms with E-state index in [1.165, 1.54) is 41.1 Å². The highest BCUT2D eigenvalue weighted by Gasteiger charge is 2.37. The van der Waals surface area contributed by atoms with Crippen LogP contribution in [0.1, 0.15) is 38.8 Å². The van der Waals surface area contributed by atoms with E-state index in [2.05, 4.69) is 15.6 Å². The molecule has 0 aliphatic carbocycles. The van der Waals surface area contributed by atoms with Crippen molar-refractivity contribution in [2.45, 2.75) is 45.3 Å². The zero-order chi connectivity index (χ0) is 25.9. The van der Waals surface area contributed by atoms with Crippen molar-refractivity contribution in [1.82, 2.24) is 20.3 Å². The van der Waals surface area contributed by atoms with Crippen LogP contribution in [-0.4, -0.2) is 32.3 Å². The lowest BCUT2D eigenvalue weighted by Gasteiger charge is -2.34. The molecule has 36 heavy (non-hydrogen) atoms. The van der Waals surface area contributed by atoms with E-state index in [1.54, 1.807) is 30.3 Å². The number of hydrogen-bond donors (Lipinski definition) is 1. The van der Waals surface area contributed by atoms with Crippen molar-refractivity contribution in [1.29, 1.82) is 0 Å². The molecule has 0 aliphatic rings. The summed E-state index contributed by atoms with van der Waals surface area (Å²) < 4.78 is 30.8. The minimum Gasteiger partial charge on any atom is -0.349 e. The Bertz CT molecular complexity index is 1400. The molecule has 2 amide bonds. The summed E-state index contributed by atoms with van der Waals surface area (Å²) in [5.41, 5.74) is 0.684. The maximum atomic E-state index is 15.1. The zero-order valence-electron chi connectivity index (χ0n) is 20.3. The molecule has 1 heterocycles. The maximum Gasteiger partial charge on any atom is 0.249 e. The average molecular weight is 492 g/mol. The first kappa shape index (κ1) is 25.0. The van der Waals surface area contributed by atoms with Crippen LogP contribution in [0.2, 0.25) is 0 Å². The van der Waals surface area contributed by atoms with Gasteiger partial charge in [0.1, 0.15) is 29.7 Å². The lowest BCUT2D eigenvalue weighted by atomic mass is 9.98. The van der Waals surface area contributed by atoms with Crippen molar-refractivity contribution in [2.75, 3.05) is 4.90 Å². The van der Waals surface area contributed by atoms with Gasteiger partial charge in [-0.2, -0.15) is 0 Å². The number of nitrogens with zero attached hydrogens (tertiary/aromatic N) is 4. The topological polar surface area (TPSA) is 80.1 Å². The normalized spacial score (nSPS) is 12.4. The average Bonchev–Trinajstić information content (AvgIpc) is 3.25. The summed E-state index contributed by atoms with van der Waals surface area (Å²) in [4.78, 5) is 28.7. The molecule has 4 aromatic rings. The Morgan fingerprint density at radius 3 is 2.47 bits per heavy atom. The van der Waals surface area contributed by atoms with Crippen molar-refractivity contribution < 1.29 is 18.4 Å². The molecule has 9 heteroatoms. The van der Waals surface area contributed by atoms with E-state index in [4.69, 9.17) is 0 Å². The van der Waals surface area contributed by atoms with E-state index < -0.39 is 35.0 Å². The Morgan fingerprint density at radius 1 is 1.03 bits per heavy atom. The zero-order valence-corrected chi connectivity index (χ0v) is 20.3. The monoisotopic (exact) mass is 491 g/mol. The summed E-state index contributed by atoms with van der Waals surface area (Å²) in [5, 5.41) is 11.1.